The number of benzene rings is 2. The second-order valence-corrected chi connectivity index (χ2v) is 7.94. The van der Waals surface area contributed by atoms with Crippen LogP contribution in [-0.2, 0) is 4.79 Å². The Labute approximate surface area is 168 Å². The molecule has 0 spiro atoms. The summed E-state index contributed by atoms with van der Waals surface area (Å²) in [6.45, 7) is 7.35. The normalized spacial score (nSPS) is 18.9. The van der Waals surface area contributed by atoms with Gasteiger partial charge in [-0.05, 0) is 30.5 Å². The molecule has 2 heterocycles. The molecule has 0 saturated carbocycles. The molecule has 0 radical (unpaired) electrons. The molecule has 2 aromatic rings. The Hall–Kier alpha value is -2.17. The third-order valence-corrected chi connectivity index (χ3v) is 6.08. The number of carbonyl (C=O) groups excluding carboxylic acids is 1. The van der Waals surface area contributed by atoms with E-state index in [1.165, 1.54) is 11.1 Å². The predicted octanol–water partition coefficient (Wildman–Crippen LogP) is 3.41. The first kappa shape index (κ1) is 19.2. The van der Waals surface area contributed by atoms with Crippen LogP contribution in [0.15, 0.2) is 60.7 Å². The Bertz CT molecular complexity index is 701. The van der Waals surface area contributed by atoms with Crippen LogP contribution < -0.4 is 0 Å². The van der Waals surface area contributed by atoms with E-state index in [0.29, 0.717) is 11.9 Å². The standard InChI is InChI=1S/C24H31N3O/c28-23-13-7-15-26(23)16-8-14-25-17-19-27(20-18-25)24(21-9-3-1-4-10-21)22-11-5-2-6-12-22/h1-6,9-12,24H,7-8,13-20H2. The minimum Gasteiger partial charge on any atom is -0.343 e. The molecule has 2 saturated heterocycles. The maximum Gasteiger partial charge on any atom is 0.222 e. The maximum atomic E-state index is 11.7. The van der Waals surface area contributed by atoms with E-state index >= 15 is 0 Å². The van der Waals surface area contributed by atoms with E-state index < -0.39 is 0 Å². The van der Waals surface area contributed by atoms with Crippen molar-refractivity contribution >= 4 is 5.91 Å². The summed E-state index contributed by atoms with van der Waals surface area (Å²) >= 11 is 0. The van der Waals surface area contributed by atoms with Crippen molar-refractivity contribution in [2.75, 3.05) is 45.8 Å². The molecule has 0 unspecified atom stereocenters. The van der Waals surface area contributed by atoms with Crippen LogP contribution in [0.2, 0.25) is 0 Å². The van der Waals surface area contributed by atoms with Gasteiger partial charge in [-0.25, -0.2) is 0 Å². The van der Waals surface area contributed by atoms with Gasteiger partial charge in [0.1, 0.15) is 0 Å². The predicted molar refractivity (Wildman–Crippen MR) is 113 cm³/mol. The van der Waals surface area contributed by atoms with Crippen molar-refractivity contribution in [1.29, 1.82) is 0 Å². The highest BCUT2D eigenvalue weighted by atomic mass is 16.2. The van der Waals surface area contributed by atoms with Crippen molar-refractivity contribution in [2.24, 2.45) is 0 Å². The molecule has 4 heteroatoms. The largest absolute Gasteiger partial charge is 0.343 e. The Morgan fingerprint density at radius 3 is 1.89 bits per heavy atom. The molecular formula is C24H31N3O. The van der Waals surface area contributed by atoms with Gasteiger partial charge < -0.3 is 9.80 Å². The lowest BCUT2D eigenvalue weighted by molar-refractivity contribution is -0.127. The van der Waals surface area contributed by atoms with E-state index in [0.717, 1.165) is 65.1 Å². The molecule has 148 valence electrons. The second kappa shape index (κ2) is 9.35. The van der Waals surface area contributed by atoms with Crippen LogP contribution in [-0.4, -0.2) is 66.4 Å². The fourth-order valence-electron chi connectivity index (χ4n) is 4.56. The lowest BCUT2D eigenvalue weighted by Crippen LogP contribution is -2.48. The van der Waals surface area contributed by atoms with Gasteiger partial charge in [0.25, 0.3) is 0 Å². The molecule has 2 aliphatic heterocycles. The summed E-state index contributed by atoms with van der Waals surface area (Å²) in [5.41, 5.74) is 2.74. The number of amides is 1. The molecule has 2 aromatic carbocycles. The fourth-order valence-corrected chi connectivity index (χ4v) is 4.56. The van der Waals surface area contributed by atoms with Crippen molar-refractivity contribution in [3.8, 4) is 0 Å². The van der Waals surface area contributed by atoms with Gasteiger partial charge in [-0.2, -0.15) is 0 Å². The maximum absolute atomic E-state index is 11.7. The van der Waals surface area contributed by atoms with Gasteiger partial charge in [0.05, 0.1) is 6.04 Å². The van der Waals surface area contributed by atoms with Crippen molar-refractivity contribution in [2.45, 2.75) is 25.3 Å². The first-order valence-electron chi connectivity index (χ1n) is 10.7. The van der Waals surface area contributed by atoms with Gasteiger partial charge in [-0.3, -0.25) is 9.69 Å². The number of rotatable bonds is 7. The third kappa shape index (κ3) is 4.62. The van der Waals surface area contributed by atoms with Crippen LogP contribution in [0.3, 0.4) is 0 Å². The minimum atomic E-state index is 0.326. The SMILES string of the molecule is O=C1CCCN1CCCN1CCN(C(c2ccccc2)c2ccccc2)CC1. The molecule has 0 aromatic heterocycles. The van der Waals surface area contributed by atoms with Crippen LogP contribution in [0.5, 0.6) is 0 Å². The van der Waals surface area contributed by atoms with Crippen LogP contribution >= 0.6 is 0 Å². The van der Waals surface area contributed by atoms with Gasteiger partial charge in [-0.1, -0.05) is 60.7 Å². The number of likely N-dealkylation sites (tertiary alicyclic amines) is 1. The summed E-state index contributed by atoms with van der Waals surface area (Å²) in [6.07, 6.45) is 2.88. The van der Waals surface area contributed by atoms with Gasteiger partial charge in [0.15, 0.2) is 0 Å². The average molecular weight is 378 g/mol. The highest BCUT2D eigenvalue weighted by molar-refractivity contribution is 5.77. The zero-order chi connectivity index (χ0) is 19.2. The summed E-state index contributed by atoms with van der Waals surface area (Å²) in [4.78, 5) is 19.0. The van der Waals surface area contributed by atoms with E-state index in [1.807, 2.05) is 4.90 Å². The monoisotopic (exact) mass is 377 g/mol. The fraction of sp³-hybridized carbons (Fsp3) is 0.458. The van der Waals surface area contributed by atoms with Crippen LogP contribution in [0.4, 0.5) is 0 Å². The molecule has 0 atom stereocenters. The van der Waals surface area contributed by atoms with Crippen molar-refractivity contribution in [3.05, 3.63) is 71.8 Å². The number of carbonyl (C=O) groups is 1. The second-order valence-electron chi connectivity index (χ2n) is 7.94. The number of hydrogen-bond acceptors (Lipinski definition) is 3. The summed E-state index contributed by atoms with van der Waals surface area (Å²) in [5.74, 6) is 0.346. The smallest absolute Gasteiger partial charge is 0.222 e. The van der Waals surface area contributed by atoms with E-state index in [2.05, 4.69) is 70.5 Å². The molecule has 2 fully saturated rings. The van der Waals surface area contributed by atoms with Gasteiger partial charge in [0.2, 0.25) is 5.91 Å². The van der Waals surface area contributed by atoms with Crippen LogP contribution in [0.1, 0.15) is 36.4 Å². The topological polar surface area (TPSA) is 26.8 Å². The third-order valence-electron chi connectivity index (χ3n) is 6.08. The van der Waals surface area contributed by atoms with Crippen molar-refractivity contribution < 1.29 is 4.79 Å². The van der Waals surface area contributed by atoms with Crippen molar-refractivity contribution in [1.82, 2.24) is 14.7 Å². The van der Waals surface area contributed by atoms with Gasteiger partial charge in [-0.15, -0.1) is 0 Å². The molecule has 0 N–H and O–H groups in total. The Morgan fingerprint density at radius 1 is 0.750 bits per heavy atom. The Balaban J connectivity index is 1.33. The minimum absolute atomic E-state index is 0.326. The Kier molecular flexibility index (Phi) is 6.40. The molecule has 4 nitrogen and oxygen atoms in total. The molecule has 0 bridgehead atoms. The first-order valence-corrected chi connectivity index (χ1v) is 10.7. The number of piperazine rings is 1. The summed E-state index contributed by atoms with van der Waals surface area (Å²) < 4.78 is 0. The number of hydrogen-bond donors (Lipinski definition) is 0. The lowest BCUT2D eigenvalue weighted by atomic mass is 9.96. The van der Waals surface area contributed by atoms with Crippen molar-refractivity contribution in [3.63, 3.8) is 0 Å². The highest BCUT2D eigenvalue weighted by Crippen LogP contribution is 2.29. The zero-order valence-corrected chi connectivity index (χ0v) is 16.7. The van der Waals surface area contributed by atoms with Gasteiger partial charge in [0, 0.05) is 45.7 Å². The van der Waals surface area contributed by atoms with E-state index in [1.54, 1.807) is 0 Å². The van der Waals surface area contributed by atoms with E-state index in [4.69, 9.17) is 0 Å². The van der Waals surface area contributed by atoms with E-state index in [9.17, 15) is 4.79 Å². The quantitative estimate of drug-likeness (QED) is 0.740. The number of nitrogens with zero attached hydrogens (tertiary/aromatic N) is 3. The summed E-state index contributed by atoms with van der Waals surface area (Å²) in [6, 6.07) is 22.1. The Morgan fingerprint density at radius 2 is 1.36 bits per heavy atom. The first-order chi connectivity index (χ1) is 13.8. The summed E-state index contributed by atoms with van der Waals surface area (Å²) in [5, 5.41) is 0. The molecule has 4 rings (SSSR count). The molecule has 1 amide bonds. The highest BCUT2D eigenvalue weighted by Gasteiger charge is 2.26. The summed E-state index contributed by atoms with van der Waals surface area (Å²) in [7, 11) is 0. The molecule has 28 heavy (non-hydrogen) atoms. The lowest BCUT2D eigenvalue weighted by Gasteiger charge is -2.40. The molecular weight excluding hydrogens is 346 g/mol. The van der Waals surface area contributed by atoms with E-state index in [-0.39, 0.29) is 0 Å². The molecule has 0 aliphatic carbocycles. The van der Waals surface area contributed by atoms with Crippen LogP contribution in [0, 0.1) is 0 Å². The molecule has 2 aliphatic rings. The average Bonchev–Trinajstić information content (AvgIpc) is 3.16. The van der Waals surface area contributed by atoms with Crippen LogP contribution in [0.25, 0.3) is 0 Å². The van der Waals surface area contributed by atoms with Gasteiger partial charge >= 0.3 is 0 Å². The zero-order valence-electron chi connectivity index (χ0n) is 16.7.